The molecule has 17 heavy (non-hydrogen) atoms. The van der Waals surface area contributed by atoms with Crippen LogP contribution in [0.3, 0.4) is 0 Å². The quantitative estimate of drug-likeness (QED) is 0.615. The van der Waals surface area contributed by atoms with Crippen LogP contribution in [0, 0.1) is 16.0 Å². The van der Waals surface area contributed by atoms with Gasteiger partial charge in [-0.15, -0.1) is 0 Å². The molecule has 2 unspecified atom stereocenters. The highest BCUT2D eigenvalue weighted by Gasteiger charge is 2.32. The summed E-state index contributed by atoms with van der Waals surface area (Å²) in [5, 5.41) is 20.4. The van der Waals surface area contributed by atoms with E-state index in [1.165, 1.54) is 6.33 Å². The highest BCUT2D eigenvalue weighted by molar-refractivity contribution is 5.55. The highest BCUT2D eigenvalue weighted by Crippen LogP contribution is 2.31. The van der Waals surface area contributed by atoms with E-state index in [0.29, 0.717) is 12.4 Å². The van der Waals surface area contributed by atoms with Crippen LogP contribution in [0.5, 0.6) is 0 Å². The Labute approximate surface area is 98.8 Å². The number of aliphatic hydroxyl groups is 1. The molecule has 1 aromatic heterocycles. The first-order valence-corrected chi connectivity index (χ1v) is 5.59. The van der Waals surface area contributed by atoms with Gasteiger partial charge in [0.05, 0.1) is 6.10 Å². The Hall–Kier alpha value is -1.63. The van der Waals surface area contributed by atoms with E-state index in [2.05, 4.69) is 4.98 Å². The van der Waals surface area contributed by atoms with E-state index >= 15 is 0 Å². The van der Waals surface area contributed by atoms with Gasteiger partial charge in [0, 0.05) is 26.1 Å². The lowest BCUT2D eigenvalue weighted by Crippen LogP contribution is -2.25. The Kier molecular flexibility index (Phi) is 3.01. The highest BCUT2D eigenvalue weighted by atomic mass is 16.6. The maximum Gasteiger partial charge on any atom is 0.406 e. The molecule has 0 bridgehead atoms. The molecule has 1 aromatic rings. The van der Waals surface area contributed by atoms with E-state index < -0.39 is 4.92 Å². The summed E-state index contributed by atoms with van der Waals surface area (Å²) in [5.41, 5.74) is 0. The lowest BCUT2D eigenvalue weighted by Gasteiger charge is -2.18. The van der Waals surface area contributed by atoms with Crippen molar-refractivity contribution in [2.24, 2.45) is 13.0 Å². The number of aliphatic hydroxyl groups excluding tert-OH is 1. The molecule has 0 radical (unpaired) electrons. The number of imidazole rings is 1. The van der Waals surface area contributed by atoms with Crippen molar-refractivity contribution in [1.29, 1.82) is 0 Å². The van der Waals surface area contributed by atoms with E-state index in [4.69, 9.17) is 0 Å². The molecule has 7 nitrogen and oxygen atoms in total. The lowest BCUT2D eigenvalue weighted by atomic mass is 10.0. The van der Waals surface area contributed by atoms with Gasteiger partial charge >= 0.3 is 5.82 Å². The van der Waals surface area contributed by atoms with Gasteiger partial charge < -0.3 is 20.1 Å². The first kappa shape index (κ1) is 11.8. The minimum atomic E-state index is -0.467. The van der Waals surface area contributed by atoms with Gasteiger partial charge in [0.1, 0.15) is 0 Å². The predicted molar refractivity (Wildman–Crippen MR) is 61.9 cm³/mol. The van der Waals surface area contributed by atoms with Crippen molar-refractivity contribution in [1.82, 2.24) is 9.55 Å². The molecule has 2 rings (SSSR count). The summed E-state index contributed by atoms with van der Waals surface area (Å²) < 4.78 is 1.66. The van der Waals surface area contributed by atoms with Gasteiger partial charge in [-0.25, -0.2) is 0 Å². The fourth-order valence-corrected chi connectivity index (χ4v) is 2.28. The van der Waals surface area contributed by atoms with Crippen molar-refractivity contribution in [3.63, 3.8) is 0 Å². The first-order chi connectivity index (χ1) is 8.00. The monoisotopic (exact) mass is 240 g/mol. The summed E-state index contributed by atoms with van der Waals surface area (Å²) >= 11 is 0. The van der Waals surface area contributed by atoms with Crippen LogP contribution in [0.25, 0.3) is 0 Å². The van der Waals surface area contributed by atoms with Gasteiger partial charge in [-0.1, -0.05) is 0 Å². The molecular formula is C10H16N4O3. The number of nitro groups is 1. The SMILES string of the molecule is CC(O)C1CCN(c2c([N+](=O)[O-])ncn2C)C1. The fraction of sp³-hybridized carbons (Fsp3) is 0.700. The van der Waals surface area contributed by atoms with Crippen LogP contribution < -0.4 is 4.90 Å². The topological polar surface area (TPSA) is 84.4 Å². The molecule has 1 aliphatic heterocycles. The van der Waals surface area contributed by atoms with Crippen molar-refractivity contribution in [3.8, 4) is 0 Å². The third-order valence-corrected chi connectivity index (χ3v) is 3.27. The summed E-state index contributed by atoms with van der Waals surface area (Å²) in [6.45, 7) is 3.11. The maximum atomic E-state index is 10.9. The Bertz CT molecular complexity index is 429. The fourth-order valence-electron chi connectivity index (χ4n) is 2.28. The van der Waals surface area contributed by atoms with Crippen LogP contribution >= 0.6 is 0 Å². The maximum absolute atomic E-state index is 10.9. The Morgan fingerprint density at radius 2 is 2.41 bits per heavy atom. The van der Waals surface area contributed by atoms with Crippen molar-refractivity contribution in [3.05, 3.63) is 16.4 Å². The molecule has 0 amide bonds. The van der Waals surface area contributed by atoms with E-state index in [1.54, 1.807) is 18.5 Å². The molecule has 0 saturated carbocycles. The van der Waals surface area contributed by atoms with E-state index in [9.17, 15) is 15.2 Å². The molecule has 7 heteroatoms. The Morgan fingerprint density at radius 3 is 2.94 bits per heavy atom. The number of rotatable bonds is 3. The second kappa shape index (κ2) is 4.33. The molecule has 94 valence electrons. The van der Waals surface area contributed by atoms with Gasteiger partial charge in [-0.05, 0) is 23.3 Å². The van der Waals surface area contributed by atoms with Crippen molar-refractivity contribution in [2.45, 2.75) is 19.4 Å². The van der Waals surface area contributed by atoms with Crippen LogP contribution in [0.4, 0.5) is 11.6 Å². The zero-order valence-corrected chi connectivity index (χ0v) is 9.91. The molecule has 2 heterocycles. The van der Waals surface area contributed by atoms with Crippen LogP contribution in [0.15, 0.2) is 6.33 Å². The second-order valence-corrected chi connectivity index (χ2v) is 4.50. The average Bonchev–Trinajstić information content (AvgIpc) is 2.82. The van der Waals surface area contributed by atoms with Crippen LogP contribution in [0.2, 0.25) is 0 Å². The van der Waals surface area contributed by atoms with Crippen molar-refractivity contribution < 1.29 is 10.0 Å². The van der Waals surface area contributed by atoms with Gasteiger partial charge in [0.2, 0.25) is 12.1 Å². The number of aryl methyl sites for hydroxylation is 1. The minimum absolute atomic E-state index is 0.112. The number of hydrogen-bond donors (Lipinski definition) is 1. The van der Waals surface area contributed by atoms with Crippen LogP contribution in [0.1, 0.15) is 13.3 Å². The smallest absolute Gasteiger partial charge is 0.393 e. The minimum Gasteiger partial charge on any atom is -0.393 e. The third kappa shape index (κ3) is 2.10. The molecule has 0 aliphatic carbocycles. The molecule has 2 atom stereocenters. The molecule has 1 aliphatic rings. The predicted octanol–water partition coefficient (Wildman–Crippen LogP) is 0.535. The molecular weight excluding hydrogens is 224 g/mol. The normalized spacial score (nSPS) is 21.8. The van der Waals surface area contributed by atoms with Crippen LogP contribution in [-0.2, 0) is 7.05 Å². The summed E-state index contributed by atoms with van der Waals surface area (Å²) in [7, 11) is 1.74. The average molecular weight is 240 g/mol. The van der Waals surface area contributed by atoms with Gasteiger partial charge in [0.25, 0.3) is 0 Å². The van der Waals surface area contributed by atoms with Crippen LogP contribution in [-0.4, -0.2) is 38.8 Å². The van der Waals surface area contributed by atoms with Gasteiger partial charge in [0.15, 0.2) is 0 Å². The zero-order valence-electron chi connectivity index (χ0n) is 9.91. The summed E-state index contributed by atoms with van der Waals surface area (Å²) in [5.74, 6) is 0.585. The molecule has 0 spiro atoms. The standard InChI is InChI=1S/C10H16N4O3/c1-7(15)8-3-4-13(5-8)10-9(14(16)17)11-6-12(10)2/h6-8,15H,3-5H2,1-2H3. The third-order valence-electron chi connectivity index (χ3n) is 3.27. The number of nitrogens with zero attached hydrogens (tertiary/aromatic N) is 4. The molecule has 1 N–H and O–H groups in total. The Morgan fingerprint density at radius 1 is 1.71 bits per heavy atom. The van der Waals surface area contributed by atoms with Gasteiger partial charge in [-0.2, -0.15) is 0 Å². The largest absolute Gasteiger partial charge is 0.406 e. The molecule has 1 saturated heterocycles. The van der Waals surface area contributed by atoms with Gasteiger partial charge in [-0.3, -0.25) is 4.57 Å². The number of hydrogen-bond acceptors (Lipinski definition) is 5. The summed E-state index contributed by atoms with van der Waals surface area (Å²) in [6, 6.07) is 0. The first-order valence-electron chi connectivity index (χ1n) is 5.59. The molecule has 1 fully saturated rings. The van der Waals surface area contributed by atoms with Crippen molar-refractivity contribution in [2.75, 3.05) is 18.0 Å². The number of aromatic nitrogens is 2. The summed E-state index contributed by atoms with van der Waals surface area (Å²) in [6.07, 6.45) is 1.91. The lowest BCUT2D eigenvalue weighted by molar-refractivity contribution is -0.388. The van der Waals surface area contributed by atoms with E-state index in [-0.39, 0.29) is 17.8 Å². The zero-order chi connectivity index (χ0) is 12.6. The second-order valence-electron chi connectivity index (χ2n) is 4.50. The summed E-state index contributed by atoms with van der Waals surface area (Å²) in [4.78, 5) is 16.1. The molecule has 0 aromatic carbocycles. The Balaban J connectivity index is 2.24. The van der Waals surface area contributed by atoms with Crippen molar-refractivity contribution >= 4 is 11.6 Å². The van der Waals surface area contributed by atoms with E-state index in [1.807, 2.05) is 4.90 Å². The number of anilines is 1. The van der Waals surface area contributed by atoms with E-state index in [0.717, 1.165) is 13.0 Å².